The summed E-state index contributed by atoms with van der Waals surface area (Å²) in [5, 5.41) is 11.4. The summed E-state index contributed by atoms with van der Waals surface area (Å²) in [6.45, 7) is 1.60. The Hall–Kier alpha value is -1.70. The predicted octanol–water partition coefficient (Wildman–Crippen LogP) is 1.72. The van der Waals surface area contributed by atoms with Crippen molar-refractivity contribution in [1.82, 2.24) is 5.32 Å². The van der Waals surface area contributed by atoms with Crippen LogP contribution in [0, 0.1) is 11.8 Å². The summed E-state index contributed by atoms with van der Waals surface area (Å²) in [6, 6.07) is 8.78. The minimum atomic E-state index is -0.587. The maximum absolute atomic E-state index is 11.3. The largest absolute Gasteiger partial charge is 0.445 e. The highest BCUT2D eigenvalue weighted by Crippen LogP contribution is 2.00. The van der Waals surface area contributed by atoms with E-state index in [9.17, 15) is 4.79 Å². The molecule has 0 radical (unpaired) electrons. The molecule has 1 atom stereocenters. The number of aliphatic hydroxyl groups is 1. The number of aliphatic hydroxyl groups excluding tert-OH is 1. The van der Waals surface area contributed by atoms with Crippen LogP contribution in [0.25, 0.3) is 0 Å². The van der Waals surface area contributed by atoms with E-state index in [1.165, 1.54) is 0 Å². The number of alkyl carbamates (subject to hydrolysis) is 1. The highest BCUT2D eigenvalue weighted by Gasteiger charge is 2.08. The van der Waals surface area contributed by atoms with Crippen molar-refractivity contribution in [2.24, 2.45) is 0 Å². The van der Waals surface area contributed by atoms with E-state index in [1.807, 2.05) is 30.3 Å². The van der Waals surface area contributed by atoms with Gasteiger partial charge in [-0.1, -0.05) is 36.3 Å². The van der Waals surface area contributed by atoms with Crippen LogP contribution in [-0.2, 0) is 11.3 Å². The van der Waals surface area contributed by atoms with Crippen LogP contribution in [0.2, 0.25) is 0 Å². The second kappa shape index (κ2) is 9.34. The van der Waals surface area contributed by atoms with Gasteiger partial charge < -0.3 is 15.2 Å². The molecule has 1 rings (SSSR count). The lowest BCUT2D eigenvalue weighted by atomic mass is 10.2. The Balaban J connectivity index is 0.00000289. The molecule has 0 aliphatic carbocycles. The van der Waals surface area contributed by atoms with Crippen molar-refractivity contribution < 1.29 is 14.6 Å². The van der Waals surface area contributed by atoms with Crippen molar-refractivity contribution >= 4 is 18.5 Å². The second-order valence-corrected chi connectivity index (χ2v) is 3.34. The zero-order valence-electron chi connectivity index (χ0n) is 10.1. The fourth-order valence-corrected chi connectivity index (χ4v) is 1.21. The van der Waals surface area contributed by atoms with Gasteiger partial charge in [0.1, 0.15) is 12.6 Å². The molecule has 0 aromatic heterocycles. The molecule has 0 saturated heterocycles. The summed E-state index contributed by atoms with van der Waals surface area (Å²) in [5.41, 5.74) is 0.907. The molecule has 1 amide bonds. The number of carbonyl (C=O) groups excluding carboxylic acids is 1. The van der Waals surface area contributed by atoms with Gasteiger partial charge in [0.2, 0.25) is 0 Å². The number of hydrogen-bond acceptors (Lipinski definition) is 3. The van der Waals surface area contributed by atoms with Gasteiger partial charge in [-0.3, -0.25) is 0 Å². The van der Waals surface area contributed by atoms with Crippen LogP contribution in [0.1, 0.15) is 12.5 Å². The lowest BCUT2D eigenvalue weighted by Gasteiger charge is -2.10. The van der Waals surface area contributed by atoms with Gasteiger partial charge in [-0.15, -0.1) is 18.3 Å². The van der Waals surface area contributed by atoms with Gasteiger partial charge in [0.15, 0.2) is 0 Å². The van der Waals surface area contributed by atoms with Crippen molar-refractivity contribution in [3.63, 3.8) is 0 Å². The molecule has 0 aliphatic heterocycles. The Bertz CT molecular complexity index is 411. The topological polar surface area (TPSA) is 58.6 Å². The number of amides is 1. The second-order valence-electron chi connectivity index (χ2n) is 3.34. The van der Waals surface area contributed by atoms with Gasteiger partial charge >= 0.3 is 6.09 Å². The fourth-order valence-electron chi connectivity index (χ4n) is 1.21. The molecule has 1 aromatic carbocycles. The monoisotopic (exact) mass is 269 g/mol. The van der Waals surface area contributed by atoms with Crippen LogP contribution in [0.3, 0.4) is 0 Å². The minimum Gasteiger partial charge on any atom is -0.445 e. The molecule has 0 unspecified atom stereocenters. The van der Waals surface area contributed by atoms with E-state index in [0.717, 1.165) is 5.56 Å². The molecule has 0 spiro atoms. The third-order valence-corrected chi connectivity index (χ3v) is 2.01. The van der Waals surface area contributed by atoms with Crippen molar-refractivity contribution in [2.75, 3.05) is 6.61 Å². The molecule has 0 saturated carbocycles. The predicted molar refractivity (Wildman–Crippen MR) is 71.3 cm³/mol. The van der Waals surface area contributed by atoms with E-state index in [4.69, 9.17) is 9.84 Å². The van der Waals surface area contributed by atoms with Crippen LogP contribution >= 0.6 is 12.4 Å². The molecule has 0 heterocycles. The Morgan fingerprint density at radius 2 is 2.11 bits per heavy atom. The highest BCUT2D eigenvalue weighted by molar-refractivity contribution is 5.85. The maximum Gasteiger partial charge on any atom is 0.408 e. The highest BCUT2D eigenvalue weighted by atomic mass is 35.5. The van der Waals surface area contributed by atoms with Gasteiger partial charge in [-0.25, -0.2) is 4.79 Å². The summed E-state index contributed by atoms with van der Waals surface area (Å²) in [7, 11) is 0. The van der Waals surface area contributed by atoms with Crippen molar-refractivity contribution in [1.29, 1.82) is 0 Å². The standard InChI is InChI=1S/C13H15NO3.ClH/c1-2-6-12(9-15)14-13(16)17-10-11-7-4-3-5-8-11;/h3-5,7-8,12,15H,9-10H2,1H3,(H,14,16);1H/t12-;/m1./s1. The molecule has 1 aromatic rings. The summed E-state index contributed by atoms with van der Waals surface area (Å²) in [5.74, 6) is 5.27. The van der Waals surface area contributed by atoms with E-state index < -0.39 is 12.1 Å². The van der Waals surface area contributed by atoms with Gasteiger partial charge in [-0.05, 0) is 12.5 Å². The zero-order chi connectivity index (χ0) is 12.5. The molecule has 2 N–H and O–H groups in total. The average Bonchev–Trinajstić information content (AvgIpc) is 2.37. The number of nitrogens with one attached hydrogen (secondary N) is 1. The van der Waals surface area contributed by atoms with E-state index in [2.05, 4.69) is 17.2 Å². The van der Waals surface area contributed by atoms with Crippen LogP contribution in [-0.4, -0.2) is 23.8 Å². The van der Waals surface area contributed by atoms with E-state index in [1.54, 1.807) is 6.92 Å². The summed E-state index contributed by atoms with van der Waals surface area (Å²) < 4.78 is 4.98. The lowest BCUT2D eigenvalue weighted by Crippen LogP contribution is -2.36. The fraction of sp³-hybridized carbons (Fsp3) is 0.308. The van der Waals surface area contributed by atoms with Gasteiger partial charge in [0.25, 0.3) is 0 Å². The first kappa shape index (κ1) is 16.3. The number of carbonyl (C=O) groups is 1. The van der Waals surface area contributed by atoms with E-state index >= 15 is 0 Å². The first-order valence-corrected chi connectivity index (χ1v) is 5.26. The number of rotatable bonds is 4. The number of ether oxygens (including phenoxy) is 1. The smallest absolute Gasteiger partial charge is 0.408 e. The Kier molecular flexibility index (Phi) is 8.46. The zero-order valence-corrected chi connectivity index (χ0v) is 10.9. The number of hydrogen-bond donors (Lipinski definition) is 2. The van der Waals surface area contributed by atoms with Crippen LogP contribution in [0.5, 0.6) is 0 Å². The van der Waals surface area contributed by atoms with Crippen LogP contribution < -0.4 is 5.32 Å². The first-order valence-electron chi connectivity index (χ1n) is 5.26. The molecule has 0 aliphatic rings. The third kappa shape index (κ3) is 6.14. The Morgan fingerprint density at radius 1 is 1.44 bits per heavy atom. The van der Waals surface area contributed by atoms with Gasteiger partial charge in [0, 0.05) is 0 Å². The summed E-state index contributed by atoms with van der Waals surface area (Å²) in [4.78, 5) is 11.3. The molecule has 98 valence electrons. The molecule has 0 bridgehead atoms. The van der Waals surface area contributed by atoms with Crippen molar-refractivity contribution in [3.05, 3.63) is 35.9 Å². The van der Waals surface area contributed by atoms with Crippen LogP contribution in [0.4, 0.5) is 4.79 Å². The Labute approximate surface area is 113 Å². The van der Waals surface area contributed by atoms with E-state index in [0.29, 0.717) is 0 Å². The number of halogens is 1. The van der Waals surface area contributed by atoms with Gasteiger partial charge in [0.05, 0.1) is 6.61 Å². The molecule has 5 heteroatoms. The van der Waals surface area contributed by atoms with Crippen molar-refractivity contribution in [3.8, 4) is 11.8 Å². The first-order chi connectivity index (χ1) is 8.26. The molecular formula is C13H16ClNO3. The Morgan fingerprint density at radius 3 is 2.67 bits per heavy atom. The quantitative estimate of drug-likeness (QED) is 0.819. The molecular weight excluding hydrogens is 254 g/mol. The van der Waals surface area contributed by atoms with E-state index in [-0.39, 0.29) is 25.6 Å². The normalized spacial score (nSPS) is 10.3. The van der Waals surface area contributed by atoms with Crippen LogP contribution in [0.15, 0.2) is 30.3 Å². The SMILES string of the molecule is CC#C[C@H](CO)NC(=O)OCc1ccccc1.Cl. The minimum absolute atomic E-state index is 0. The average molecular weight is 270 g/mol. The summed E-state index contributed by atoms with van der Waals surface area (Å²) in [6.07, 6.45) is -0.587. The number of benzene rings is 1. The maximum atomic E-state index is 11.3. The summed E-state index contributed by atoms with van der Waals surface area (Å²) >= 11 is 0. The molecule has 18 heavy (non-hydrogen) atoms. The molecule has 4 nitrogen and oxygen atoms in total. The third-order valence-electron chi connectivity index (χ3n) is 2.01. The van der Waals surface area contributed by atoms with Gasteiger partial charge in [-0.2, -0.15) is 0 Å². The van der Waals surface area contributed by atoms with Crippen molar-refractivity contribution in [2.45, 2.75) is 19.6 Å². The molecule has 0 fully saturated rings. The lowest BCUT2D eigenvalue weighted by molar-refractivity contribution is 0.133.